The molecule has 0 fully saturated rings. The van der Waals surface area contributed by atoms with Crippen molar-refractivity contribution in [3.05, 3.63) is 108 Å². The molecule has 0 aliphatic rings. The van der Waals surface area contributed by atoms with Crippen LogP contribution in [0.1, 0.15) is 15.9 Å². The summed E-state index contributed by atoms with van der Waals surface area (Å²) in [5.74, 6) is 1.38. The van der Waals surface area contributed by atoms with Gasteiger partial charge in [0.2, 0.25) is 0 Å². The number of para-hydroxylation sites is 2. The number of ether oxygens (including phenoxy) is 2. The van der Waals surface area contributed by atoms with Gasteiger partial charge < -0.3 is 19.2 Å². The van der Waals surface area contributed by atoms with Gasteiger partial charge in [0.25, 0.3) is 5.91 Å². The molecule has 0 spiro atoms. The highest BCUT2D eigenvalue weighted by molar-refractivity contribution is 6.07. The lowest BCUT2D eigenvalue weighted by Gasteiger charge is -2.14. The number of anilines is 1. The Labute approximate surface area is 197 Å². The molecule has 0 bridgehead atoms. The van der Waals surface area contributed by atoms with E-state index in [1.807, 2.05) is 90.4 Å². The first-order chi connectivity index (χ1) is 16.6. The highest BCUT2D eigenvalue weighted by atomic mass is 16.5. The van der Waals surface area contributed by atoms with Crippen molar-refractivity contribution in [1.29, 1.82) is 0 Å². The molecule has 6 nitrogen and oxygen atoms in total. The number of amides is 1. The van der Waals surface area contributed by atoms with Crippen molar-refractivity contribution in [2.75, 3.05) is 12.4 Å². The first-order valence-electron chi connectivity index (χ1n) is 10.9. The molecule has 0 saturated carbocycles. The van der Waals surface area contributed by atoms with Crippen LogP contribution in [-0.4, -0.2) is 22.4 Å². The van der Waals surface area contributed by atoms with Crippen LogP contribution in [0.15, 0.2) is 97.3 Å². The van der Waals surface area contributed by atoms with Crippen LogP contribution in [0.3, 0.4) is 0 Å². The van der Waals surface area contributed by atoms with Gasteiger partial charge in [0.15, 0.2) is 0 Å². The predicted octanol–water partition coefficient (Wildman–Crippen LogP) is 6.36. The summed E-state index contributed by atoms with van der Waals surface area (Å²) in [5.41, 5.74) is 4.64. The molecule has 2 aromatic heterocycles. The summed E-state index contributed by atoms with van der Waals surface area (Å²) in [6.45, 7) is 2.04. The molecule has 3 aromatic carbocycles. The minimum Gasteiger partial charge on any atom is -0.495 e. The number of imidazole rings is 1. The Balaban J connectivity index is 1.46. The molecule has 34 heavy (non-hydrogen) atoms. The van der Waals surface area contributed by atoms with Gasteiger partial charge in [-0.25, -0.2) is 4.98 Å². The zero-order valence-corrected chi connectivity index (χ0v) is 18.9. The number of hydrogen-bond donors (Lipinski definition) is 1. The van der Waals surface area contributed by atoms with E-state index in [4.69, 9.17) is 14.5 Å². The van der Waals surface area contributed by atoms with E-state index in [9.17, 15) is 4.79 Å². The molecular formula is C28H23N3O3. The van der Waals surface area contributed by atoms with Gasteiger partial charge in [0.1, 0.15) is 22.9 Å². The van der Waals surface area contributed by atoms with Gasteiger partial charge in [-0.05, 0) is 67.1 Å². The Morgan fingerprint density at radius 2 is 1.71 bits per heavy atom. The summed E-state index contributed by atoms with van der Waals surface area (Å²) in [5, 5.41) is 2.98. The zero-order chi connectivity index (χ0) is 23.5. The van der Waals surface area contributed by atoms with E-state index in [2.05, 4.69) is 5.32 Å². The summed E-state index contributed by atoms with van der Waals surface area (Å²) in [6, 6.07) is 26.2. The number of aryl methyl sites for hydroxylation is 1. The maximum Gasteiger partial charge on any atom is 0.259 e. The van der Waals surface area contributed by atoms with Crippen molar-refractivity contribution in [1.82, 2.24) is 9.38 Å². The number of benzene rings is 3. The molecule has 5 aromatic rings. The molecular weight excluding hydrogens is 426 g/mol. The van der Waals surface area contributed by atoms with E-state index < -0.39 is 0 Å². The molecule has 0 aliphatic carbocycles. The fraction of sp³-hybridized carbons (Fsp3) is 0.0714. The van der Waals surface area contributed by atoms with Crippen LogP contribution >= 0.6 is 0 Å². The van der Waals surface area contributed by atoms with E-state index in [-0.39, 0.29) is 5.91 Å². The van der Waals surface area contributed by atoms with Gasteiger partial charge in [0, 0.05) is 18.0 Å². The zero-order valence-electron chi connectivity index (χ0n) is 18.9. The van der Waals surface area contributed by atoms with Crippen LogP contribution in [0.25, 0.3) is 16.9 Å². The molecule has 0 aliphatic heterocycles. The monoisotopic (exact) mass is 449 g/mol. The Bertz CT molecular complexity index is 1480. The van der Waals surface area contributed by atoms with Gasteiger partial charge in [0.05, 0.1) is 24.1 Å². The number of carbonyl (C=O) groups excluding carboxylic acids is 1. The number of fused-ring (bicyclic) bond motifs is 1. The van der Waals surface area contributed by atoms with E-state index >= 15 is 0 Å². The van der Waals surface area contributed by atoms with Gasteiger partial charge in [-0.15, -0.1) is 0 Å². The van der Waals surface area contributed by atoms with Gasteiger partial charge in [-0.2, -0.15) is 0 Å². The first-order valence-corrected chi connectivity index (χ1v) is 10.9. The smallest absolute Gasteiger partial charge is 0.259 e. The summed E-state index contributed by atoms with van der Waals surface area (Å²) in [4.78, 5) is 18.0. The summed E-state index contributed by atoms with van der Waals surface area (Å²) in [6.07, 6.45) is 3.95. The maximum atomic E-state index is 13.3. The second-order valence-corrected chi connectivity index (χ2v) is 7.88. The molecule has 0 unspecified atom stereocenters. The molecule has 0 saturated heterocycles. The lowest BCUT2D eigenvalue weighted by Crippen LogP contribution is -2.13. The van der Waals surface area contributed by atoms with Crippen LogP contribution in [0.4, 0.5) is 5.69 Å². The fourth-order valence-corrected chi connectivity index (χ4v) is 3.74. The molecule has 6 heteroatoms. The third kappa shape index (κ3) is 4.34. The second kappa shape index (κ2) is 9.11. The van der Waals surface area contributed by atoms with E-state index in [0.717, 1.165) is 22.5 Å². The predicted molar refractivity (Wildman–Crippen MR) is 133 cm³/mol. The minimum atomic E-state index is -0.299. The Morgan fingerprint density at radius 3 is 2.53 bits per heavy atom. The standard InChI is InChI=1S/C28H23N3O3/c1-19-14-15-31-18-24(29-27(31)16-19)20-12-13-26(33-2)23(17-20)30-28(32)22-10-6-7-11-25(22)34-21-8-4-3-5-9-21/h3-18H,1-2H3,(H,30,32). The van der Waals surface area contributed by atoms with Crippen LogP contribution < -0.4 is 14.8 Å². The van der Waals surface area contributed by atoms with Crippen molar-refractivity contribution in [3.63, 3.8) is 0 Å². The SMILES string of the molecule is COc1ccc(-c2cn3ccc(C)cc3n2)cc1NC(=O)c1ccccc1Oc1ccccc1. The van der Waals surface area contributed by atoms with Crippen molar-refractivity contribution < 1.29 is 14.3 Å². The Morgan fingerprint density at radius 1 is 0.912 bits per heavy atom. The topological polar surface area (TPSA) is 64.9 Å². The quantitative estimate of drug-likeness (QED) is 0.327. The van der Waals surface area contributed by atoms with Crippen LogP contribution in [-0.2, 0) is 0 Å². The summed E-state index contributed by atoms with van der Waals surface area (Å²) < 4.78 is 13.4. The van der Waals surface area contributed by atoms with Crippen molar-refractivity contribution in [2.24, 2.45) is 0 Å². The first kappa shape index (κ1) is 21.3. The van der Waals surface area contributed by atoms with E-state index in [1.165, 1.54) is 0 Å². The van der Waals surface area contributed by atoms with Gasteiger partial charge in [-0.1, -0.05) is 30.3 Å². The molecule has 1 N–H and O–H groups in total. The molecule has 0 radical (unpaired) electrons. The second-order valence-electron chi connectivity index (χ2n) is 7.88. The number of nitrogens with one attached hydrogen (secondary N) is 1. The summed E-state index contributed by atoms with van der Waals surface area (Å²) >= 11 is 0. The highest BCUT2D eigenvalue weighted by Gasteiger charge is 2.16. The van der Waals surface area contributed by atoms with E-state index in [0.29, 0.717) is 28.5 Å². The number of nitrogens with zero attached hydrogens (tertiary/aromatic N) is 2. The largest absolute Gasteiger partial charge is 0.495 e. The third-order valence-corrected chi connectivity index (χ3v) is 5.46. The third-order valence-electron chi connectivity index (χ3n) is 5.46. The van der Waals surface area contributed by atoms with Crippen LogP contribution in [0.2, 0.25) is 0 Å². The minimum absolute atomic E-state index is 0.299. The number of hydrogen-bond acceptors (Lipinski definition) is 4. The van der Waals surface area contributed by atoms with Gasteiger partial charge in [-0.3, -0.25) is 4.79 Å². The normalized spacial score (nSPS) is 10.8. The van der Waals surface area contributed by atoms with Crippen molar-refractivity contribution in [3.8, 4) is 28.5 Å². The number of aromatic nitrogens is 2. The lowest BCUT2D eigenvalue weighted by molar-refractivity contribution is 0.102. The molecule has 1 amide bonds. The van der Waals surface area contributed by atoms with Crippen LogP contribution in [0.5, 0.6) is 17.2 Å². The average Bonchev–Trinajstić information content (AvgIpc) is 3.28. The molecule has 5 rings (SSSR count). The molecule has 168 valence electrons. The van der Waals surface area contributed by atoms with Crippen LogP contribution in [0, 0.1) is 6.92 Å². The number of rotatable bonds is 6. The van der Waals surface area contributed by atoms with Crippen molar-refractivity contribution in [2.45, 2.75) is 6.92 Å². The van der Waals surface area contributed by atoms with Gasteiger partial charge >= 0.3 is 0 Å². The van der Waals surface area contributed by atoms with E-state index in [1.54, 1.807) is 25.3 Å². The summed E-state index contributed by atoms with van der Waals surface area (Å²) in [7, 11) is 1.57. The maximum absolute atomic E-state index is 13.3. The number of pyridine rings is 1. The van der Waals surface area contributed by atoms with Crippen molar-refractivity contribution >= 4 is 17.2 Å². The molecule has 2 heterocycles. The Kier molecular flexibility index (Phi) is 5.70. The lowest BCUT2D eigenvalue weighted by atomic mass is 10.1. The fourth-order valence-electron chi connectivity index (χ4n) is 3.74. The Hall–Kier alpha value is -4.58. The highest BCUT2D eigenvalue weighted by Crippen LogP contribution is 2.32. The average molecular weight is 450 g/mol. The molecule has 0 atom stereocenters. The number of carbonyl (C=O) groups is 1. The number of methoxy groups -OCH3 is 1.